The standard InChI is InChI=1S/C19H20N4O4/c1-3-27-19(25)14-15(20)13-11-21-16(12-7-5-4-6-8-12)22-17(13)23(18(14)24)9-10-26-2/h4-8,11H,3,9-10,20H2,1-2H3. The van der Waals surface area contributed by atoms with Crippen LogP contribution < -0.4 is 11.3 Å². The average Bonchev–Trinajstić information content (AvgIpc) is 2.68. The van der Waals surface area contributed by atoms with Crippen LogP contribution in [-0.4, -0.2) is 40.8 Å². The lowest BCUT2D eigenvalue weighted by Crippen LogP contribution is -2.31. The van der Waals surface area contributed by atoms with Crippen LogP contribution in [-0.2, 0) is 16.0 Å². The second-order valence-electron chi connectivity index (χ2n) is 5.76. The summed E-state index contributed by atoms with van der Waals surface area (Å²) in [5, 5.41) is 0.411. The number of fused-ring (bicyclic) bond motifs is 1. The first kappa shape index (κ1) is 18.5. The van der Waals surface area contributed by atoms with Crippen molar-refractivity contribution in [2.24, 2.45) is 0 Å². The Kier molecular flexibility index (Phi) is 5.46. The van der Waals surface area contributed by atoms with Gasteiger partial charge in [-0.15, -0.1) is 0 Å². The number of carbonyl (C=O) groups is 1. The minimum atomic E-state index is -0.764. The summed E-state index contributed by atoms with van der Waals surface area (Å²) in [5.41, 5.74) is 6.50. The Balaban J connectivity index is 2.28. The third kappa shape index (κ3) is 3.52. The molecule has 0 fully saturated rings. The van der Waals surface area contributed by atoms with Crippen LogP contribution in [0.15, 0.2) is 41.3 Å². The third-order valence-corrected chi connectivity index (χ3v) is 4.07. The van der Waals surface area contributed by atoms with Crippen LogP contribution in [0.5, 0.6) is 0 Å². The highest BCUT2D eigenvalue weighted by Crippen LogP contribution is 2.24. The van der Waals surface area contributed by atoms with E-state index in [0.717, 1.165) is 5.56 Å². The van der Waals surface area contributed by atoms with Gasteiger partial charge in [-0.05, 0) is 6.92 Å². The molecule has 140 valence electrons. The largest absolute Gasteiger partial charge is 0.462 e. The fraction of sp³-hybridized carbons (Fsp3) is 0.263. The van der Waals surface area contributed by atoms with Crippen LogP contribution >= 0.6 is 0 Å². The molecule has 27 heavy (non-hydrogen) atoms. The van der Waals surface area contributed by atoms with Gasteiger partial charge in [0, 0.05) is 18.9 Å². The number of pyridine rings is 1. The van der Waals surface area contributed by atoms with Gasteiger partial charge in [-0.25, -0.2) is 14.8 Å². The number of rotatable bonds is 6. The van der Waals surface area contributed by atoms with Crippen molar-refractivity contribution in [1.82, 2.24) is 14.5 Å². The molecule has 3 rings (SSSR count). The van der Waals surface area contributed by atoms with Gasteiger partial charge in [-0.1, -0.05) is 30.3 Å². The van der Waals surface area contributed by atoms with Crippen molar-refractivity contribution in [3.8, 4) is 11.4 Å². The number of hydrogen-bond donors (Lipinski definition) is 1. The lowest BCUT2D eigenvalue weighted by atomic mass is 10.1. The number of benzene rings is 1. The Labute approximate surface area is 155 Å². The molecular formula is C19H20N4O4. The third-order valence-electron chi connectivity index (χ3n) is 4.07. The smallest absolute Gasteiger partial charge is 0.345 e. The minimum absolute atomic E-state index is 0.0155. The quantitative estimate of drug-likeness (QED) is 0.661. The summed E-state index contributed by atoms with van der Waals surface area (Å²) >= 11 is 0. The first-order valence-electron chi connectivity index (χ1n) is 8.49. The Bertz CT molecular complexity index is 1030. The molecule has 0 aliphatic carbocycles. The van der Waals surface area contributed by atoms with E-state index in [1.54, 1.807) is 6.92 Å². The summed E-state index contributed by atoms with van der Waals surface area (Å²) in [6, 6.07) is 9.38. The van der Waals surface area contributed by atoms with E-state index in [1.165, 1.54) is 17.9 Å². The molecule has 2 N–H and O–H groups in total. The van der Waals surface area contributed by atoms with Gasteiger partial charge in [-0.3, -0.25) is 9.36 Å². The summed E-state index contributed by atoms with van der Waals surface area (Å²) in [6.45, 7) is 2.28. The fourth-order valence-corrected chi connectivity index (χ4v) is 2.77. The molecule has 0 spiro atoms. The maximum Gasteiger partial charge on any atom is 0.345 e. The highest BCUT2D eigenvalue weighted by atomic mass is 16.5. The lowest BCUT2D eigenvalue weighted by molar-refractivity contribution is 0.0525. The zero-order valence-electron chi connectivity index (χ0n) is 15.1. The summed E-state index contributed by atoms with van der Waals surface area (Å²) in [5.74, 6) is -0.308. The summed E-state index contributed by atoms with van der Waals surface area (Å²) in [6.07, 6.45) is 1.52. The lowest BCUT2D eigenvalue weighted by Gasteiger charge is -2.14. The summed E-state index contributed by atoms with van der Waals surface area (Å²) in [4.78, 5) is 34.1. The monoisotopic (exact) mass is 368 g/mol. The van der Waals surface area contributed by atoms with Gasteiger partial charge in [0.25, 0.3) is 5.56 Å². The van der Waals surface area contributed by atoms with E-state index in [4.69, 9.17) is 15.2 Å². The number of carbonyl (C=O) groups excluding carboxylic acids is 1. The maximum atomic E-state index is 12.9. The van der Waals surface area contributed by atoms with Gasteiger partial charge in [0.15, 0.2) is 5.82 Å². The molecule has 0 saturated heterocycles. The van der Waals surface area contributed by atoms with Crippen molar-refractivity contribution < 1.29 is 14.3 Å². The number of anilines is 1. The number of nitrogens with two attached hydrogens (primary N) is 1. The number of hydrogen-bond acceptors (Lipinski definition) is 7. The zero-order valence-corrected chi connectivity index (χ0v) is 15.1. The molecular weight excluding hydrogens is 348 g/mol. The zero-order chi connectivity index (χ0) is 19.4. The second-order valence-corrected chi connectivity index (χ2v) is 5.76. The molecule has 0 aliphatic rings. The molecule has 0 atom stereocenters. The molecule has 1 aromatic carbocycles. The molecule has 0 bridgehead atoms. The molecule has 0 unspecified atom stereocenters. The summed E-state index contributed by atoms with van der Waals surface area (Å²) in [7, 11) is 1.53. The van der Waals surface area contributed by atoms with Gasteiger partial charge in [-0.2, -0.15) is 0 Å². The van der Waals surface area contributed by atoms with Gasteiger partial charge >= 0.3 is 5.97 Å². The first-order valence-corrected chi connectivity index (χ1v) is 8.49. The van der Waals surface area contributed by atoms with Crippen LogP contribution in [0.25, 0.3) is 22.4 Å². The van der Waals surface area contributed by atoms with Crippen LogP contribution in [0, 0.1) is 0 Å². The predicted molar refractivity (Wildman–Crippen MR) is 101 cm³/mol. The SMILES string of the molecule is CCOC(=O)c1c(N)c2cnc(-c3ccccc3)nc2n(CCOC)c1=O. The molecule has 8 nitrogen and oxygen atoms in total. The van der Waals surface area contributed by atoms with Crippen molar-refractivity contribution in [1.29, 1.82) is 0 Å². The van der Waals surface area contributed by atoms with E-state index >= 15 is 0 Å². The van der Waals surface area contributed by atoms with E-state index in [1.807, 2.05) is 30.3 Å². The van der Waals surface area contributed by atoms with Crippen molar-refractivity contribution in [2.45, 2.75) is 13.5 Å². The van der Waals surface area contributed by atoms with E-state index in [2.05, 4.69) is 9.97 Å². The normalized spacial score (nSPS) is 10.9. The van der Waals surface area contributed by atoms with Crippen LogP contribution in [0.1, 0.15) is 17.3 Å². The van der Waals surface area contributed by atoms with Crippen molar-refractivity contribution in [3.63, 3.8) is 0 Å². The number of ether oxygens (including phenoxy) is 2. The molecule has 2 aromatic heterocycles. The Morgan fingerprint density at radius 3 is 2.67 bits per heavy atom. The highest BCUT2D eigenvalue weighted by Gasteiger charge is 2.23. The number of methoxy groups -OCH3 is 1. The molecule has 0 saturated carbocycles. The van der Waals surface area contributed by atoms with E-state index < -0.39 is 11.5 Å². The Hall–Kier alpha value is -3.26. The molecule has 8 heteroatoms. The number of esters is 1. The molecule has 0 aliphatic heterocycles. The average molecular weight is 368 g/mol. The number of nitrogens with zero attached hydrogens (tertiary/aromatic N) is 3. The second kappa shape index (κ2) is 7.96. The minimum Gasteiger partial charge on any atom is -0.462 e. The maximum absolute atomic E-state index is 12.9. The Morgan fingerprint density at radius 1 is 1.26 bits per heavy atom. The van der Waals surface area contributed by atoms with Crippen LogP contribution in [0.4, 0.5) is 5.69 Å². The van der Waals surface area contributed by atoms with Gasteiger partial charge in [0.05, 0.1) is 30.8 Å². The molecule has 0 radical (unpaired) electrons. The van der Waals surface area contributed by atoms with Crippen molar-refractivity contribution >= 4 is 22.7 Å². The van der Waals surface area contributed by atoms with Gasteiger partial charge in [0.1, 0.15) is 11.2 Å². The van der Waals surface area contributed by atoms with Crippen molar-refractivity contribution in [2.75, 3.05) is 26.1 Å². The van der Waals surface area contributed by atoms with E-state index in [0.29, 0.717) is 16.9 Å². The van der Waals surface area contributed by atoms with E-state index in [9.17, 15) is 9.59 Å². The highest BCUT2D eigenvalue weighted by molar-refractivity contribution is 6.03. The van der Waals surface area contributed by atoms with Crippen LogP contribution in [0.2, 0.25) is 0 Å². The molecule has 3 aromatic rings. The van der Waals surface area contributed by atoms with Gasteiger partial charge in [0.2, 0.25) is 0 Å². The topological polar surface area (TPSA) is 109 Å². The predicted octanol–water partition coefficient (Wildman–Crippen LogP) is 1.86. The van der Waals surface area contributed by atoms with E-state index in [-0.39, 0.29) is 31.0 Å². The van der Waals surface area contributed by atoms with Gasteiger partial charge < -0.3 is 15.2 Å². The molecule has 0 amide bonds. The first-order chi connectivity index (χ1) is 13.1. The number of aromatic nitrogens is 3. The fourth-order valence-electron chi connectivity index (χ4n) is 2.77. The summed E-state index contributed by atoms with van der Waals surface area (Å²) < 4.78 is 11.4. The molecule has 2 heterocycles. The van der Waals surface area contributed by atoms with Crippen molar-refractivity contribution in [3.05, 3.63) is 52.4 Å². The Morgan fingerprint density at radius 2 is 2.00 bits per heavy atom. The number of nitrogen functional groups attached to an aromatic ring is 1. The van der Waals surface area contributed by atoms with Crippen LogP contribution in [0.3, 0.4) is 0 Å².